The zero-order valence-corrected chi connectivity index (χ0v) is 24.3. The van der Waals surface area contributed by atoms with Crippen LogP contribution in [-0.4, -0.2) is 77.5 Å². The Balaban J connectivity index is 0.00000248. The van der Waals surface area contributed by atoms with Gasteiger partial charge < -0.3 is 39.4 Å². The number of anilines is 1. The molecule has 0 fully saturated rings. The molecule has 0 bridgehead atoms. The molecule has 14 nitrogen and oxygen atoms in total. The zero-order chi connectivity index (χ0) is 31.8. The van der Waals surface area contributed by atoms with Gasteiger partial charge in [-0.1, -0.05) is 45.0 Å². The van der Waals surface area contributed by atoms with E-state index in [-0.39, 0.29) is 34.4 Å². The molecule has 16 heteroatoms. The summed E-state index contributed by atoms with van der Waals surface area (Å²) in [6.45, 7) is 6.34. The molecule has 0 amide bonds. The Labute approximate surface area is 252 Å². The number of aliphatic hydroxyl groups is 4. The fourth-order valence-electron chi connectivity index (χ4n) is 3.33. The number of benzene rings is 2. The highest BCUT2D eigenvalue weighted by Gasteiger charge is 2.47. The Morgan fingerprint density at radius 2 is 1.42 bits per heavy atom. The molecule has 226 valence electrons. The molecule has 0 aliphatic heterocycles. The summed E-state index contributed by atoms with van der Waals surface area (Å²) in [7, 11) is 6.55. The van der Waals surface area contributed by atoms with Gasteiger partial charge in [0.05, 0.1) is 7.11 Å². The maximum atomic E-state index is 10.3. The van der Waals surface area contributed by atoms with Gasteiger partial charge in [0.1, 0.15) is 0 Å². The third-order valence-corrected chi connectivity index (χ3v) is 6.39. The van der Waals surface area contributed by atoms with Crippen molar-refractivity contribution in [2.24, 2.45) is 0 Å². The molecule has 2 radical (unpaired) electrons. The van der Waals surface area contributed by atoms with Gasteiger partial charge in [-0.25, -0.2) is 15.0 Å². The monoisotopic (exact) mass is 611 g/mol. The van der Waals surface area contributed by atoms with Gasteiger partial charge in [-0.15, -0.1) is 0 Å². The summed E-state index contributed by atoms with van der Waals surface area (Å²) in [5.41, 5.74) is -2.50. The van der Waals surface area contributed by atoms with Gasteiger partial charge in [-0.2, -0.15) is 4.98 Å². The van der Waals surface area contributed by atoms with E-state index < -0.39 is 17.5 Å². The highest BCUT2D eigenvalue weighted by molar-refractivity contribution is 8.00. The largest absolute Gasteiger partial charge is 0.493 e. The van der Waals surface area contributed by atoms with Crippen molar-refractivity contribution in [3.8, 4) is 34.8 Å². The molecule has 4 aromatic rings. The molecule has 2 aromatic carbocycles. The van der Waals surface area contributed by atoms with Crippen LogP contribution in [0.15, 0.2) is 71.9 Å². The van der Waals surface area contributed by atoms with Gasteiger partial charge in [0.2, 0.25) is 17.3 Å². The van der Waals surface area contributed by atoms with E-state index in [4.69, 9.17) is 32.6 Å². The average molecular weight is 611 g/mol. The third-order valence-electron chi connectivity index (χ3n) is 5.59. The summed E-state index contributed by atoms with van der Waals surface area (Å²) in [5.74, 6) is -4.21. The van der Waals surface area contributed by atoms with Crippen LogP contribution >= 0.6 is 11.9 Å². The van der Waals surface area contributed by atoms with Crippen LogP contribution < -0.4 is 18.9 Å². The fraction of sp³-hybridized carbons (Fsp3) is 0.259. The number of ether oxygens (including phenoxy) is 3. The first-order valence-corrected chi connectivity index (χ1v) is 13.2. The highest BCUT2D eigenvalue weighted by atomic mass is 32.2. The molecule has 2 aromatic heterocycles. The summed E-state index contributed by atoms with van der Waals surface area (Å²) >= 11 is 1.17. The maximum absolute atomic E-state index is 10.3. The molecular formula is C27H30BN5O9S. The standard InChI is InChI=1S/C27H28BN5O7S.H2O2/c1-25(2,3)16-10-12-17(13-11-16)41-33-21-20(39-19-9-6-5-8-18(19)38-4)24(40-27(36,37)26(28,34)35)32-23(31-21)22-29-14-7-15-30-22;1-2/h5-15,34-37H,1-4H3,(H,31,32,33);1-2H. The topological polar surface area (TPSA) is 213 Å². The van der Waals surface area contributed by atoms with Crippen LogP contribution in [0.25, 0.3) is 11.6 Å². The Bertz CT molecular complexity index is 1490. The number of methoxy groups -OCH3 is 1. The number of hydrogen-bond acceptors (Lipinski definition) is 15. The Hall–Kier alpha value is -4.03. The van der Waals surface area contributed by atoms with Crippen LogP contribution in [0.3, 0.4) is 0 Å². The molecule has 0 saturated carbocycles. The molecule has 0 aliphatic carbocycles. The molecule has 0 atom stereocenters. The third kappa shape index (κ3) is 8.51. The van der Waals surface area contributed by atoms with Gasteiger partial charge >= 0.3 is 5.97 Å². The van der Waals surface area contributed by atoms with Gasteiger partial charge in [0, 0.05) is 17.3 Å². The number of aromatic nitrogens is 4. The first-order valence-electron chi connectivity index (χ1n) is 12.4. The van der Waals surface area contributed by atoms with Gasteiger partial charge in [0.25, 0.3) is 5.88 Å². The minimum Gasteiger partial charge on any atom is -0.493 e. The molecule has 2 heterocycles. The molecule has 4 rings (SSSR count). The van der Waals surface area contributed by atoms with E-state index in [2.05, 4.69) is 45.4 Å². The van der Waals surface area contributed by atoms with Gasteiger partial charge in [-0.05, 0) is 53.3 Å². The van der Waals surface area contributed by atoms with Crippen molar-refractivity contribution in [1.29, 1.82) is 0 Å². The van der Waals surface area contributed by atoms with Crippen LogP contribution in [0.1, 0.15) is 26.3 Å². The minimum absolute atomic E-state index is 0.0115. The first-order chi connectivity index (χ1) is 20.3. The SMILES string of the molecule is OO.[B]C(O)(O)C(O)(O)Oc1nc(-c2ncccn2)nc(NSc2ccc(C(C)(C)C)cc2)c1Oc1ccccc1OC. The van der Waals surface area contributed by atoms with Crippen molar-refractivity contribution in [2.45, 2.75) is 42.7 Å². The summed E-state index contributed by atoms with van der Waals surface area (Å²) in [5, 5.41) is 51.9. The second-order valence-corrected chi connectivity index (χ2v) is 10.7. The number of hydrogen-bond donors (Lipinski definition) is 7. The molecule has 0 saturated heterocycles. The van der Waals surface area contributed by atoms with Crippen LogP contribution in [0.5, 0.6) is 23.1 Å². The van der Waals surface area contributed by atoms with Crippen molar-refractivity contribution < 1.29 is 45.2 Å². The number of nitrogens with zero attached hydrogens (tertiary/aromatic N) is 4. The van der Waals surface area contributed by atoms with Crippen molar-refractivity contribution in [1.82, 2.24) is 19.9 Å². The van der Waals surface area contributed by atoms with Crippen molar-refractivity contribution in [3.63, 3.8) is 0 Å². The molecule has 0 spiro atoms. The van der Waals surface area contributed by atoms with E-state index in [1.54, 1.807) is 30.3 Å². The zero-order valence-electron chi connectivity index (χ0n) is 23.5. The second kappa shape index (κ2) is 14.0. The lowest BCUT2D eigenvalue weighted by molar-refractivity contribution is -0.402. The molecular weight excluding hydrogens is 581 g/mol. The van der Waals surface area contributed by atoms with Gasteiger partial charge in [-0.3, -0.25) is 10.5 Å². The fourth-order valence-corrected chi connectivity index (χ4v) is 3.95. The maximum Gasteiger partial charge on any atom is 0.369 e. The lowest BCUT2D eigenvalue weighted by atomic mass is 9.87. The smallest absolute Gasteiger partial charge is 0.369 e. The lowest BCUT2D eigenvalue weighted by Gasteiger charge is -2.32. The predicted molar refractivity (Wildman–Crippen MR) is 157 cm³/mol. The van der Waals surface area contributed by atoms with E-state index in [0.29, 0.717) is 5.75 Å². The quantitative estimate of drug-likeness (QED) is 0.0451. The van der Waals surface area contributed by atoms with Crippen molar-refractivity contribution in [3.05, 3.63) is 72.6 Å². The van der Waals surface area contributed by atoms with E-state index in [1.165, 1.54) is 31.5 Å². The van der Waals surface area contributed by atoms with E-state index in [9.17, 15) is 20.4 Å². The van der Waals surface area contributed by atoms with E-state index >= 15 is 0 Å². The molecule has 0 unspecified atom stereocenters. The minimum atomic E-state index is -3.73. The van der Waals surface area contributed by atoms with Gasteiger partial charge in [0.15, 0.2) is 31.0 Å². The summed E-state index contributed by atoms with van der Waals surface area (Å²) in [6, 6.07) is 16.1. The lowest BCUT2D eigenvalue weighted by Crippen LogP contribution is -2.59. The Morgan fingerprint density at radius 3 is 1.98 bits per heavy atom. The Kier molecular flexibility index (Phi) is 10.9. The average Bonchev–Trinajstić information content (AvgIpc) is 2.98. The van der Waals surface area contributed by atoms with Crippen molar-refractivity contribution in [2.75, 3.05) is 11.8 Å². The van der Waals surface area contributed by atoms with Crippen LogP contribution in [0.4, 0.5) is 5.82 Å². The summed E-state index contributed by atoms with van der Waals surface area (Å²) in [6.07, 6.45) is 2.91. The van der Waals surface area contributed by atoms with Crippen molar-refractivity contribution >= 4 is 25.6 Å². The molecule has 7 N–H and O–H groups in total. The normalized spacial score (nSPS) is 11.7. The number of nitrogens with one attached hydrogen (secondary N) is 1. The predicted octanol–water partition coefficient (Wildman–Crippen LogP) is 2.99. The van der Waals surface area contributed by atoms with Crippen LogP contribution in [0.2, 0.25) is 0 Å². The van der Waals surface area contributed by atoms with Crippen LogP contribution in [0, 0.1) is 0 Å². The van der Waals surface area contributed by atoms with E-state index in [1.807, 2.05) is 24.3 Å². The molecule has 43 heavy (non-hydrogen) atoms. The number of para-hydroxylation sites is 2. The number of rotatable bonds is 10. The molecule has 0 aliphatic rings. The van der Waals surface area contributed by atoms with Crippen LogP contribution in [-0.2, 0) is 5.41 Å². The Morgan fingerprint density at radius 1 is 0.814 bits per heavy atom. The highest BCUT2D eigenvalue weighted by Crippen LogP contribution is 2.43. The van der Waals surface area contributed by atoms with E-state index in [0.717, 1.165) is 10.5 Å². The summed E-state index contributed by atoms with van der Waals surface area (Å²) < 4.78 is 19.6. The first kappa shape index (κ1) is 33.5. The summed E-state index contributed by atoms with van der Waals surface area (Å²) in [4.78, 5) is 17.7. The second-order valence-electron chi connectivity index (χ2n) is 9.77.